The number of fused-ring (bicyclic) bond motifs is 1. The zero-order chi connectivity index (χ0) is 15.1. The first-order valence-electron chi connectivity index (χ1n) is 6.87. The van der Waals surface area contributed by atoms with Gasteiger partial charge in [0.15, 0.2) is 0 Å². The fraction of sp³-hybridized carbons (Fsp3) is 0.333. The standard InChI is InChI=1S/C15H17N3O3/c19-14(20)4-2-1-3-7-18-15(21)11-5-6-12-13(10-11)17-9-8-16-12/h5-6,8-10H,1-4,7H2,(H,18,21)(H,19,20). The molecule has 0 fully saturated rings. The maximum atomic E-state index is 12.0. The van der Waals surface area contributed by atoms with Crippen molar-refractivity contribution in [3.8, 4) is 0 Å². The number of hydrogen-bond acceptors (Lipinski definition) is 4. The number of benzene rings is 1. The van der Waals surface area contributed by atoms with Crippen molar-refractivity contribution < 1.29 is 14.7 Å². The third kappa shape index (κ3) is 4.52. The number of rotatable bonds is 7. The minimum atomic E-state index is -0.781. The summed E-state index contributed by atoms with van der Waals surface area (Å²) in [6, 6.07) is 5.20. The van der Waals surface area contributed by atoms with Crippen molar-refractivity contribution in [3.05, 3.63) is 36.2 Å². The van der Waals surface area contributed by atoms with Crippen molar-refractivity contribution >= 4 is 22.9 Å². The van der Waals surface area contributed by atoms with Crippen molar-refractivity contribution in [2.24, 2.45) is 0 Å². The van der Waals surface area contributed by atoms with Gasteiger partial charge in [-0.3, -0.25) is 19.6 Å². The number of nitrogens with zero attached hydrogens (tertiary/aromatic N) is 2. The monoisotopic (exact) mass is 287 g/mol. The Morgan fingerprint density at radius 3 is 2.57 bits per heavy atom. The second kappa shape index (κ2) is 7.33. The molecular formula is C15H17N3O3. The van der Waals surface area contributed by atoms with Crippen molar-refractivity contribution in [1.82, 2.24) is 15.3 Å². The molecule has 2 aromatic rings. The summed E-state index contributed by atoms with van der Waals surface area (Å²) in [5.74, 6) is -0.933. The fourth-order valence-electron chi connectivity index (χ4n) is 1.99. The van der Waals surface area contributed by atoms with Gasteiger partial charge in [0, 0.05) is 30.9 Å². The molecule has 1 aromatic heterocycles. The molecule has 21 heavy (non-hydrogen) atoms. The van der Waals surface area contributed by atoms with Gasteiger partial charge in [-0.25, -0.2) is 0 Å². The number of aliphatic carboxylic acids is 1. The Balaban J connectivity index is 1.80. The highest BCUT2D eigenvalue weighted by Crippen LogP contribution is 2.10. The average molecular weight is 287 g/mol. The van der Waals surface area contributed by atoms with Gasteiger partial charge in [0.2, 0.25) is 0 Å². The summed E-state index contributed by atoms with van der Waals surface area (Å²) in [5.41, 5.74) is 1.99. The van der Waals surface area contributed by atoms with Gasteiger partial charge in [-0.15, -0.1) is 0 Å². The van der Waals surface area contributed by atoms with Gasteiger partial charge >= 0.3 is 5.97 Å². The number of aromatic nitrogens is 2. The van der Waals surface area contributed by atoms with Crippen LogP contribution in [-0.4, -0.2) is 33.5 Å². The number of nitrogens with one attached hydrogen (secondary N) is 1. The SMILES string of the molecule is O=C(O)CCCCCNC(=O)c1ccc2nccnc2c1. The van der Waals surface area contributed by atoms with Crippen molar-refractivity contribution in [2.75, 3.05) is 6.54 Å². The van der Waals surface area contributed by atoms with Gasteiger partial charge in [-0.05, 0) is 31.0 Å². The summed E-state index contributed by atoms with van der Waals surface area (Å²) in [5, 5.41) is 11.3. The molecule has 0 aliphatic carbocycles. The van der Waals surface area contributed by atoms with E-state index >= 15 is 0 Å². The van der Waals surface area contributed by atoms with E-state index in [9.17, 15) is 9.59 Å². The van der Waals surface area contributed by atoms with Crippen LogP contribution < -0.4 is 5.32 Å². The average Bonchev–Trinajstić information content (AvgIpc) is 2.49. The first kappa shape index (κ1) is 14.9. The minimum Gasteiger partial charge on any atom is -0.481 e. The van der Waals surface area contributed by atoms with E-state index in [1.165, 1.54) is 0 Å². The van der Waals surface area contributed by atoms with E-state index in [1.807, 2.05) is 0 Å². The third-order valence-corrected chi connectivity index (χ3v) is 3.08. The second-order valence-corrected chi connectivity index (χ2v) is 4.72. The van der Waals surface area contributed by atoms with E-state index in [1.54, 1.807) is 30.6 Å². The lowest BCUT2D eigenvalue weighted by atomic mass is 10.1. The maximum absolute atomic E-state index is 12.0. The first-order chi connectivity index (χ1) is 10.2. The molecule has 1 aromatic carbocycles. The van der Waals surface area contributed by atoms with Crippen molar-refractivity contribution in [1.29, 1.82) is 0 Å². The highest BCUT2D eigenvalue weighted by Gasteiger charge is 2.06. The molecule has 0 unspecified atom stereocenters. The van der Waals surface area contributed by atoms with Gasteiger partial charge in [0.25, 0.3) is 5.91 Å². The van der Waals surface area contributed by atoms with Crippen LogP contribution in [-0.2, 0) is 4.79 Å². The molecular weight excluding hydrogens is 270 g/mol. The van der Waals surface area contributed by atoms with Crippen molar-refractivity contribution in [2.45, 2.75) is 25.7 Å². The predicted molar refractivity (Wildman–Crippen MR) is 78.0 cm³/mol. The molecule has 0 radical (unpaired) electrons. The molecule has 0 aliphatic heterocycles. The van der Waals surface area contributed by atoms with Gasteiger partial charge < -0.3 is 10.4 Å². The number of unbranched alkanes of at least 4 members (excludes halogenated alkanes) is 2. The number of carboxylic acid groups (broad SMARTS) is 1. The number of carbonyl (C=O) groups is 2. The van der Waals surface area contributed by atoms with E-state index in [0.29, 0.717) is 24.0 Å². The Hall–Kier alpha value is -2.50. The molecule has 0 saturated heterocycles. The Labute approximate surface area is 122 Å². The summed E-state index contributed by atoms with van der Waals surface area (Å²) in [4.78, 5) is 30.6. The number of carboxylic acids is 1. The minimum absolute atomic E-state index is 0.152. The molecule has 0 saturated carbocycles. The molecule has 0 spiro atoms. The van der Waals surface area contributed by atoms with Gasteiger partial charge in [-0.1, -0.05) is 6.42 Å². The van der Waals surface area contributed by atoms with Crippen LogP contribution in [0.2, 0.25) is 0 Å². The molecule has 2 N–H and O–H groups in total. The molecule has 2 rings (SSSR count). The van der Waals surface area contributed by atoms with Crippen LogP contribution in [0.15, 0.2) is 30.6 Å². The van der Waals surface area contributed by atoms with Crippen molar-refractivity contribution in [3.63, 3.8) is 0 Å². The quantitative estimate of drug-likeness (QED) is 0.760. The lowest BCUT2D eigenvalue weighted by Gasteiger charge is -2.05. The molecule has 1 heterocycles. The normalized spacial score (nSPS) is 10.5. The van der Waals surface area contributed by atoms with E-state index in [2.05, 4.69) is 15.3 Å². The van der Waals surface area contributed by atoms with Crippen LogP contribution in [0.4, 0.5) is 0 Å². The molecule has 6 heteroatoms. The summed E-state index contributed by atoms with van der Waals surface area (Å²) >= 11 is 0. The van der Waals surface area contributed by atoms with Gasteiger partial charge in [-0.2, -0.15) is 0 Å². The Bertz CT molecular complexity index is 643. The molecule has 6 nitrogen and oxygen atoms in total. The highest BCUT2D eigenvalue weighted by atomic mass is 16.4. The highest BCUT2D eigenvalue weighted by molar-refractivity contribution is 5.97. The molecule has 110 valence electrons. The Morgan fingerprint density at radius 2 is 1.81 bits per heavy atom. The zero-order valence-electron chi connectivity index (χ0n) is 11.6. The number of amides is 1. The second-order valence-electron chi connectivity index (χ2n) is 4.72. The summed E-state index contributed by atoms with van der Waals surface area (Å²) in [6.07, 6.45) is 5.57. The molecule has 1 amide bonds. The van der Waals surface area contributed by atoms with Crippen LogP contribution >= 0.6 is 0 Å². The van der Waals surface area contributed by atoms with E-state index in [-0.39, 0.29) is 12.3 Å². The van der Waals surface area contributed by atoms with Crippen LogP contribution in [0.1, 0.15) is 36.0 Å². The largest absolute Gasteiger partial charge is 0.481 e. The van der Waals surface area contributed by atoms with Crippen LogP contribution in [0.3, 0.4) is 0 Å². The zero-order valence-corrected chi connectivity index (χ0v) is 11.6. The van der Waals surface area contributed by atoms with Gasteiger partial charge in [0.05, 0.1) is 11.0 Å². The summed E-state index contributed by atoms with van der Waals surface area (Å²) < 4.78 is 0. The predicted octanol–water partition coefficient (Wildman–Crippen LogP) is 2.00. The summed E-state index contributed by atoms with van der Waals surface area (Å²) in [7, 11) is 0. The van der Waals surface area contributed by atoms with Crippen LogP contribution in [0.5, 0.6) is 0 Å². The Kier molecular flexibility index (Phi) is 5.20. The summed E-state index contributed by atoms with van der Waals surface area (Å²) in [6.45, 7) is 0.539. The van der Waals surface area contributed by atoms with E-state index in [4.69, 9.17) is 5.11 Å². The number of hydrogen-bond donors (Lipinski definition) is 2. The molecule has 0 atom stereocenters. The molecule has 0 bridgehead atoms. The van der Waals surface area contributed by atoms with Gasteiger partial charge in [0.1, 0.15) is 0 Å². The third-order valence-electron chi connectivity index (χ3n) is 3.08. The number of carbonyl (C=O) groups excluding carboxylic acids is 1. The fourth-order valence-corrected chi connectivity index (χ4v) is 1.99. The smallest absolute Gasteiger partial charge is 0.303 e. The maximum Gasteiger partial charge on any atom is 0.303 e. The van der Waals surface area contributed by atoms with Crippen LogP contribution in [0, 0.1) is 0 Å². The lowest BCUT2D eigenvalue weighted by molar-refractivity contribution is -0.137. The Morgan fingerprint density at radius 1 is 1.05 bits per heavy atom. The van der Waals surface area contributed by atoms with E-state index < -0.39 is 5.97 Å². The lowest BCUT2D eigenvalue weighted by Crippen LogP contribution is -2.24. The van der Waals surface area contributed by atoms with Crippen LogP contribution in [0.25, 0.3) is 11.0 Å². The molecule has 0 aliphatic rings. The first-order valence-corrected chi connectivity index (χ1v) is 6.87. The van der Waals surface area contributed by atoms with E-state index in [0.717, 1.165) is 18.4 Å². The topological polar surface area (TPSA) is 92.2 Å².